The topological polar surface area (TPSA) is 97.0 Å². The Bertz CT molecular complexity index is 772. The fourth-order valence-electron chi connectivity index (χ4n) is 2.04. The number of benzene rings is 1. The Morgan fingerprint density at radius 1 is 1.50 bits per heavy atom. The molecule has 6 nitrogen and oxygen atoms in total. The molecule has 0 amide bonds. The number of carbonyl (C=O) groups is 1. The van der Waals surface area contributed by atoms with E-state index in [-0.39, 0.29) is 23.3 Å². The van der Waals surface area contributed by atoms with E-state index in [0.29, 0.717) is 12.0 Å². The predicted octanol–water partition coefficient (Wildman–Crippen LogP) is 1.98. The van der Waals surface area contributed by atoms with Crippen LogP contribution in [0.4, 0.5) is 0 Å². The lowest BCUT2D eigenvalue weighted by Crippen LogP contribution is -2.15. The fourth-order valence-corrected chi connectivity index (χ4v) is 2.04. The molecule has 0 radical (unpaired) electrons. The molecule has 2 N–H and O–H groups in total. The molecule has 0 aliphatic rings. The fraction of sp³-hybridized carbons (Fsp3) is 0.250. The van der Waals surface area contributed by atoms with E-state index in [0.717, 1.165) is 6.07 Å². The van der Waals surface area contributed by atoms with Gasteiger partial charge in [0.15, 0.2) is 5.43 Å². The van der Waals surface area contributed by atoms with Gasteiger partial charge < -0.3 is 19.4 Å². The molecular formula is C16H16O6. The Balaban J connectivity index is 2.70. The van der Waals surface area contributed by atoms with E-state index in [1.807, 2.05) is 0 Å². The van der Waals surface area contributed by atoms with E-state index in [4.69, 9.17) is 14.3 Å². The largest absolute Gasteiger partial charge is 0.490 e. The van der Waals surface area contributed by atoms with Gasteiger partial charge in [0.2, 0.25) is 5.76 Å². The van der Waals surface area contributed by atoms with Crippen LogP contribution in [0.3, 0.4) is 0 Å². The van der Waals surface area contributed by atoms with Crippen molar-refractivity contribution in [2.75, 3.05) is 6.61 Å². The van der Waals surface area contributed by atoms with E-state index in [9.17, 15) is 14.7 Å². The van der Waals surface area contributed by atoms with Gasteiger partial charge in [-0.15, -0.1) is 6.58 Å². The molecule has 0 fully saturated rings. The summed E-state index contributed by atoms with van der Waals surface area (Å²) in [4.78, 5) is 23.3. The summed E-state index contributed by atoms with van der Waals surface area (Å²) >= 11 is 0. The first-order valence-electron chi connectivity index (χ1n) is 6.68. The van der Waals surface area contributed by atoms with Crippen molar-refractivity contribution in [3.63, 3.8) is 0 Å². The van der Waals surface area contributed by atoms with Crippen LogP contribution >= 0.6 is 0 Å². The molecule has 2 aromatic rings. The molecular weight excluding hydrogens is 288 g/mol. The molecule has 1 heterocycles. The van der Waals surface area contributed by atoms with Crippen molar-refractivity contribution in [3.8, 4) is 5.75 Å². The van der Waals surface area contributed by atoms with Crippen molar-refractivity contribution >= 4 is 16.9 Å². The second kappa shape index (κ2) is 6.44. The van der Waals surface area contributed by atoms with Crippen molar-refractivity contribution in [2.45, 2.75) is 19.4 Å². The maximum Gasteiger partial charge on any atom is 0.371 e. The van der Waals surface area contributed by atoms with E-state index in [1.165, 1.54) is 0 Å². The van der Waals surface area contributed by atoms with Gasteiger partial charge in [-0.1, -0.05) is 12.1 Å². The van der Waals surface area contributed by atoms with Crippen LogP contribution in [-0.4, -0.2) is 28.9 Å². The number of rotatable bonds is 6. The number of aromatic carboxylic acids is 1. The summed E-state index contributed by atoms with van der Waals surface area (Å²) < 4.78 is 10.8. The third-order valence-corrected chi connectivity index (χ3v) is 2.98. The SMILES string of the molecule is C=CCc1ccc(OCC(C)O)c2c(=O)cc(C(=O)O)oc12. The van der Waals surface area contributed by atoms with Crippen LogP contribution in [-0.2, 0) is 6.42 Å². The molecule has 116 valence electrons. The molecule has 0 bridgehead atoms. The molecule has 2 rings (SSSR count). The molecule has 1 atom stereocenters. The van der Waals surface area contributed by atoms with Crippen LogP contribution in [0, 0.1) is 0 Å². The monoisotopic (exact) mass is 304 g/mol. The van der Waals surface area contributed by atoms with Gasteiger partial charge in [-0.3, -0.25) is 4.79 Å². The number of allylic oxidation sites excluding steroid dienone is 1. The van der Waals surface area contributed by atoms with Gasteiger partial charge in [0.05, 0.1) is 6.10 Å². The lowest BCUT2D eigenvalue weighted by Gasteiger charge is -2.12. The first-order chi connectivity index (χ1) is 10.4. The van der Waals surface area contributed by atoms with Crippen LogP contribution in [0.1, 0.15) is 23.0 Å². The Kier molecular flexibility index (Phi) is 4.62. The maximum atomic E-state index is 12.2. The number of hydrogen-bond acceptors (Lipinski definition) is 5. The number of aliphatic hydroxyl groups is 1. The lowest BCUT2D eigenvalue weighted by molar-refractivity contribution is 0.0663. The number of carboxylic acids is 1. The first-order valence-corrected chi connectivity index (χ1v) is 6.68. The third-order valence-electron chi connectivity index (χ3n) is 2.98. The van der Waals surface area contributed by atoms with Crippen molar-refractivity contribution in [3.05, 3.63) is 52.4 Å². The first kappa shape index (κ1) is 15.8. The Morgan fingerprint density at radius 3 is 2.82 bits per heavy atom. The minimum absolute atomic E-state index is 0.00995. The lowest BCUT2D eigenvalue weighted by atomic mass is 10.1. The van der Waals surface area contributed by atoms with Gasteiger partial charge in [0, 0.05) is 6.07 Å². The quantitative estimate of drug-likeness (QED) is 0.792. The van der Waals surface area contributed by atoms with Crippen LogP contribution in [0.15, 0.2) is 40.1 Å². The number of carboxylic acid groups (broad SMARTS) is 1. The average molecular weight is 304 g/mol. The second-order valence-electron chi connectivity index (χ2n) is 4.86. The van der Waals surface area contributed by atoms with E-state index in [2.05, 4.69) is 6.58 Å². The number of hydrogen-bond donors (Lipinski definition) is 2. The van der Waals surface area contributed by atoms with Crippen LogP contribution in [0.2, 0.25) is 0 Å². The summed E-state index contributed by atoms with van der Waals surface area (Å²) in [7, 11) is 0. The van der Waals surface area contributed by atoms with Crippen molar-refractivity contribution in [2.24, 2.45) is 0 Å². The Labute approximate surface area is 126 Å². The summed E-state index contributed by atoms with van der Waals surface area (Å²) in [6, 6.07) is 4.19. The molecule has 1 aromatic carbocycles. The summed E-state index contributed by atoms with van der Waals surface area (Å²) in [5, 5.41) is 18.5. The van der Waals surface area contributed by atoms with Crippen LogP contribution in [0.5, 0.6) is 5.75 Å². The molecule has 0 aliphatic heterocycles. The predicted molar refractivity (Wildman–Crippen MR) is 80.5 cm³/mol. The van der Waals surface area contributed by atoms with Gasteiger partial charge in [0.1, 0.15) is 23.3 Å². The van der Waals surface area contributed by atoms with Crippen molar-refractivity contribution < 1.29 is 24.2 Å². The summed E-state index contributed by atoms with van der Waals surface area (Å²) in [6.07, 6.45) is 1.34. The van der Waals surface area contributed by atoms with Crippen molar-refractivity contribution in [1.82, 2.24) is 0 Å². The zero-order valence-corrected chi connectivity index (χ0v) is 12.0. The molecule has 0 spiro atoms. The summed E-state index contributed by atoms with van der Waals surface area (Å²) in [5.41, 5.74) is 0.285. The van der Waals surface area contributed by atoms with Gasteiger partial charge >= 0.3 is 5.97 Å². The van der Waals surface area contributed by atoms with E-state index < -0.39 is 23.3 Å². The average Bonchev–Trinajstić information content (AvgIpc) is 2.46. The Hall–Kier alpha value is -2.60. The summed E-state index contributed by atoms with van der Waals surface area (Å²) in [6.45, 7) is 5.19. The maximum absolute atomic E-state index is 12.2. The van der Waals surface area contributed by atoms with Gasteiger partial charge in [-0.2, -0.15) is 0 Å². The minimum atomic E-state index is -1.32. The normalized spacial score (nSPS) is 12.1. The number of aliphatic hydroxyl groups excluding tert-OH is 1. The molecule has 1 unspecified atom stereocenters. The van der Waals surface area contributed by atoms with E-state index in [1.54, 1.807) is 25.1 Å². The van der Waals surface area contributed by atoms with Gasteiger partial charge in [0.25, 0.3) is 0 Å². The molecule has 6 heteroatoms. The highest BCUT2D eigenvalue weighted by molar-refractivity contribution is 5.91. The smallest absolute Gasteiger partial charge is 0.371 e. The van der Waals surface area contributed by atoms with E-state index >= 15 is 0 Å². The standard InChI is InChI=1S/C16H16O6/c1-3-4-10-5-6-12(21-8-9(2)17)14-11(18)7-13(16(19)20)22-15(10)14/h3,5-7,9,17H,1,4,8H2,2H3,(H,19,20). The highest BCUT2D eigenvalue weighted by atomic mass is 16.5. The molecule has 0 saturated carbocycles. The molecule has 0 aliphatic carbocycles. The summed E-state index contributed by atoms with van der Waals surface area (Å²) in [5.74, 6) is -1.51. The highest BCUT2D eigenvalue weighted by Crippen LogP contribution is 2.27. The third kappa shape index (κ3) is 3.17. The molecule has 22 heavy (non-hydrogen) atoms. The zero-order valence-electron chi connectivity index (χ0n) is 12.0. The highest BCUT2D eigenvalue weighted by Gasteiger charge is 2.17. The van der Waals surface area contributed by atoms with Crippen LogP contribution in [0.25, 0.3) is 11.0 Å². The number of fused-ring (bicyclic) bond motifs is 1. The van der Waals surface area contributed by atoms with Gasteiger partial charge in [-0.05, 0) is 25.0 Å². The number of ether oxygens (including phenoxy) is 1. The molecule has 0 saturated heterocycles. The minimum Gasteiger partial charge on any atom is -0.490 e. The molecule has 1 aromatic heterocycles. The van der Waals surface area contributed by atoms with Crippen LogP contribution < -0.4 is 10.2 Å². The van der Waals surface area contributed by atoms with Gasteiger partial charge in [-0.25, -0.2) is 4.79 Å². The Morgan fingerprint density at radius 2 is 2.23 bits per heavy atom. The zero-order chi connectivity index (χ0) is 16.3. The second-order valence-corrected chi connectivity index (χ2v) is 4.86. The van der Waals surface area contributed by atoms with Crippen molar-refractivity contribution in [1.29, 1.82) is 0 Å².